The monoisotopic (exact) mass is 206 g/mol. The smallest absolute Gasteiger partial charge is 0.0814 e. The minimum atomic E-state index is 0.716. The number of aryl methyl sites for hydroxylation is 2. The number of hydrogen-bond donors (Lipinski definition) is 0. The second-order valence-electron chi connectivity index (χ2n) is 2.72. The zero-order valence-corrected chi connectivity index (χ0v) is 8.57. The molecule has 0 aliphatic carbocycles. The third kappa shape index (κ3) is 2.68. The summed E-state index contributed by atoms with van der Waals surface area (Å²) in [6.45, 7) is 2.81. The first-order chi connectivity index (χ1) is 5.74. The summed E-state index contributed by atoms with van der Waals surface area (Å²) in [6, 6.07) is 0. The first kappa shape index (κ1) is 9.87. The molecule has 0 saturated heterocycles. The Morgan fingerprint density at radius 1 is 1.50 bits per heavy atom. The van der Waals surface area contributed by atoms with Gasteiger partial charge in [-0.1, -0.05) is 11.6 Å². The Balaban J connectivity index is 2.42. The molecule has 0 radical (unpaired) electrons. The second kappa shape index (κ2) is 4.73. The third-order valence-corrected chi connectivity index (χ3v) is 2.30. The number of rotatable bonds is 4. The van der Waals surface area contributed by atoms with E-state index < -0.39 is 0 Å². The van der Waals surface area contributed by atoms with Crippen LogP contribution < -0.4 is 0 Å². The van der Waals surface area contributed by atoms with Gasteiger partial charge < -0.3 is 0 Å². The summed E-state index contributed by atoms with van der Waals surface area (Å²) < 4.78 is 1.87. The summed E-state index contributed by atoms with van der Waals surface area (Å²) >= 11 is 11.4. The first-order valence-electron chi connectivity index (χ1n) is 3.99. The van der Waals surface area contributed by atoms with Crippen molar-refractivity contribution in [1.82, 2.24) is 9.78 Å². The molecule has 0 N–H and O–H groups in total. The fourth-order valence-electron chi connectivity index (χ4n) is 0.976. The molecule has 0 bridgehead atoms. The van der Waals surface area contributed by atoms with Crippen molar-refractivity contribution in [2.24, 2.45) is 0 Å². The standard InChI is InChI=1S/C8H12Cl2N2/c1-7-8(10)6-12(11-7)5-3-2-4-9/h6H,2-5H2,1H3. The number of aromatic nitrogens is 2. The Bertz CT molecular complexity index is 226. The minimum Gasteiger partial charge on any atom is -0.271 e. The highest BCUT2D eigenvalue weighted by molar-refractivity contribution is 6.31. The molecule has 4 heteroatoms. The van der Waals surface area contributed by atoms with Crippen LogP contribution in [0.15, 0.2) is 6.20 Å². The zero-order chi connectivity index (χ0) is 8.97. The van der Waals surface area contributed by atoms with Crippen LogP contribution in [0, 0.1) is 6.92 Å². The zero-order valence-electron chi connectivity index (χ0n) is 7.06. The molecule has 0 unspecified atom stereocenters. The SMILES string of the molecule is Cc1nn(CCCCCl)cc1Cl. The van der Waals surface area contributed by atoms with Gasteiger partial charge in [-0.25, -0.2) is 0 Å². The molecule has 0 spiro atoms. The molecule has 1 heterocycles. The van der Waals surface area contributed by atoms with E-state index in [-0.39, 0.29) is 0 Å². The van der Waals surface area contributed by atoms with E-state index in [9.17, 15) is 0 Å². The van der Waals surface area contributed by atoms with E-state index in [1.54, 1.807) is 0 Å². The van der Waals surface area contributed by atoms with Gasteiger partial charge in [-0.3, -0.25) is 4.68 Å². The summed E-state index contributed by atoms with van der Waals surface area (Å²) in [5.41, 5.74) is 0.891. The van der Waals surface area contributed by atoms with Crippen molar-refractivity contribution in [2.75, 3.05) is 5.88 Å². The number of nitrogens with zero attached hydrogens (tertiary/aromatic N) is 2. The Morgan fingerprint density at radius 2 is 2.25 bits per heavy atom. The average molecular weight is 207 g/mol. The van der Waals surface area contributed by atoms with Crippen LogP contribution in [-0.2, 0) is 6.54 Å². The van der Waals surface area contributed by atoms with E-state index in [1.165, 1.54) is 0 Å². The lowest BCUT2D eigenvalue weighted by atomic mass is 10.3. The normalized spacial score (nSPS) is 10.6. The molecule has 1 aromatic heterocycles. The van der Waals surface area contributed by atoms with Gasteiger partial charge in [0.2, 0.25) is 0 Å². The molecule has 68 valence electrons. The molecular formula is C8H12Cl2N2. The average Bonchev–Trinajstić information content (AvgIpc) is 2.32. The Morgan fingerprint density at radius 3 is 2.75 bits per heavy atom. The van der Waals surface area contributed by atoms with Crippen LogP contribution in [0.25, 0.3) is 0 Å². The van der Waals surface area contributed by atoms with Gasteiger partial charge in [-0.05, 0) is 19.8 Å². The Hall–Kier alpha value is -0.210. The first-order valence-corrected chi connectivity index (χ1v) is 4.91. The van der Waals surface area contributed by atoms with Gasteiger partial charge in [0.05, 0.1) is 10.7 Å². The molecule has 0 aliphatic rings. The third-order valence-electron chi connectivity index (χ3n) is 1.66. The van der Waals surface area contributed by atoms with Gasteiger partial charge >= 0.3 is 0 Å². The van der Waals surface area contributed by atoms with Crippen LogP contribution in [0.5, 0.6) is 0 Å². The predicted octanol–water partition coefficient (Wildman–Crippen LogP) is 2.86. The van der Waals surface area contributed by atoms with Gasteiger partial charge in [-0.15, -0.1) is 11.6 Å². The van der Waals surface area contributed by atoms with E-state index in [0.717, 1.165) is 30.1 Å². The number of hydrogen-bond acceptors (Lipinski definition) is 1. The highest BCUT2D eigenvalue weighted by atomic mass is 35.5. The maximum absolute atomic E-state index is 5.83. The Kier molecular flexibility index (Phi) is 3.89. The molecule has 1 aromatic rings. The number of alkyl halides is 1. The molecule has 2 nitrogen and oxygen atoms in total. The molecule has 1 rings (SSSR count). The quantitative estimate of drug-likeness (QED) is 0.548. The highest BCUT2D eigenvalue weighted by Crippen LogP contribution is 2.12. The lowest BCUT2D eigenvalue weighted by molar-refractivity contribution is 0.570. The molecule has 12 heavy (non-hydrogen) atoms. The fourth-order valence-corrected chi connectivity index (χ4v) is 1.32. The summed E-state index contributed by atoms with van der Waals surface area (Å²) in [6.07, 6.45) is 3.93. The molecule has 0 atom stereocenters. The summed E-state index contributed by atoms with van der Waals surface area (Å²) in [5, 5.41) is 4.96. The van der Waals surface area contributed by atoms with Crippen molar-refractivity contribution in [3.63, 3.8) is 0 Å². The molecule has 0 amide bonds. The summed E-state index contributed by atoms with van der Waals surface area (Å²) in [7, 11) is 0. The molecule has 0 aromatic carbocycles. The topological polar surface area (TPSA) is 17.8 Å². The van der Waals surface area contributed by atoms with Crippen LogP contribution in [0.1, 0.15) is 18.5 Å². The van der Waals surface area contributed by atoms with Crippen molar-refractivity contribution in [3.05, 3.63) is 16.9 Å². The van der Waals surface area contributed by atoms with Gasteiger partial charge in [-0.2, -0.15) is 5.10 Å². The summed E-state index contributed by atoms with van der Waals surface area (Å²) in [5.74, 6) is 0.716. The maximum atomic E-state index is 5.83. The maximum Gasteiger partial charge on any atom is 0.0814 e. The van der Waals surface area contributed by atoms with Crippen LogP contribution in [0.2, 0.25) is 5.02 Å². The van der Waals surface area contributed by atoms with E-state index in [2.05, 4.69) is 5.10 Å². The molecule has 0 fully saturated rings. The molecule has 0 saturated carbocycles. The van der Waals surface area contributed by atoms with Crippen LogP contribution in [-0.4, -0.2) is 15.7 Å². The molecule has 0 aliphatic heterocycles. The van der Waals surface area contributed by atoms with Gasteiger partial charge in [0.25, 0.3) is 0 Å². The van der Waals surface area contributed by atoms with Crippen molar-refractivity contribution >= 4 is 23.2 Å². The Labute approximate surface area is 82.5 Å². The lowest BCUT2D eigenvalue weighted by Gasteiger charge is -1.97. The van der Waals surface area contributed by atoms with Gasteiger partial charge in [0.1, 0.15) is 0 Å². The minimum absolute atomic E-state index is 0.716. The van der Waals surface area contributed by atoms with Crippen molar-refractivity contribution in [1.29, 1.82) is 0 Å². The van der Waals surface area contributed by atoms with Crippen LogP contribution in [0.4, 0.5) is 0 Å². The van der Waals surface area contributed by atoms with Crippen molar-refractivity contribution in [2.45, 2.75) is 26.3 Å². The number of unbranched alkanes of at least 4 members (excludes halogenated alkanes) is 1. The van der Waals surface area contributed by atoms with Crippen LogP contribution >= 0.6 is 23.2 Å². The predicted molar refractivity (Wildman–Crippen MR) is 51.9 cm³/mol. The number of halogens is 2. The molecular weight excluding hydrogens is 195 g/mol. The van der Waals surface area contributed by atoms with Gasteiger partial charge in [0.15, 0.2) is 0 Å². The van der Waals surface area contributed by atoms with Crippen molar-refractivity contribution < 1.29 is 0 Å². The van der Waals surface area contributed by atoms with Gasteiger partial charge in [0, 0.05) is 18.6 Å². The van der Waals surface area contributed by atoms with E-state index in [1.807, 2.05) is 17.8 Å². The lowest BCUT2D eigenvalue weighted by Crippen LogP contribution is -1.98. The van der Waals surface area contributed by atoms with Crippen LogP contribution in [0.3, 0.4) is 0 Å². The summed E-state index contributed by atoms with van der Waals surface area (Å²) in [4.78, 5) is 0. The largest absolute Gasteiger partial charge is 0.271 e. The van der Waals surface area contributed by atoms with Crippen molar-refractivity contribution in [3.8, 4) is 0 Å². The fraction of sp³-hybridized carbons (Fsp3) is 0.625. The van der Waals surface area contributed by atoms with E-state index >= 15 is 0 Å². The second-order valence-corrected chi connectivity index (χ2v) is 3.51. The highest BCUT2D eigenvalue weighted by Gasteiger charge is 2.00. The van der Waals surface area contributed by atoms with E-state index in [0.29, 0.717) is 5.88 Å². The van der Waals surface area contributed by atoms with E-state index in [4.69, 9.17) is 23.2 Å².